The Labute approximate surface area is 137 Å². The third-order valence-corrected chi connectivity index (χ3v) is 4.37. The van der Waals surface area contributed by atoms with Gasteiger partial charge in [-0.3, -0.25) is 14.6 Å². The van der Waals surface area contributed by atoms with Crippen molar-refractivity contribution >= 4 is 17.5 Å². The van der Waals surface area contributed by atoms with Crippen molar-refractivity contribution in [1.29, 1.82) is 0 Å². The average Bonchev–Trinajstić information content (AvgIpc) is 3.00. The molecule has 1 aromatic carbocycles. The standard InChI is InChI=1S/C16H16ClN3O3/c1-19-9-13(14(21)18-16(19)23)15(22)20-6-5-11(8-20)10-3-2-4-12(17)7-10/h2-4,7,9,11H,5-6,8H2,1H3,(H,18,21,23)/t11-/m1/s1. The minimum atomic E-state index is -0.649. The lowest BCUT2D eigenvalue weighted by Crippen LogP contribution is -2.37. The number of rotatable bonds is 2. The number of halogens is 1. The molecule has 0 unspecified atom stereocenters. The van der Waals surface area contributed by atoms with Crippen LogP contribution in [0.15, 0.2) is 40.1 Å². The molecular weight excluding hydrogens is 318 g/mol. The maximum atomic E-state index is 12.5. The number of carbonyl (C=O) groups is 1. The number of carbonyl (C=O) groups excluding carboxylic acids is 1. The Morgan fingerprint density at radius 1 is 1.35 bits per heavy atom. The van der Waals surface area contributed by atoms with Gasteiger partial charge in [0.1, 0.15) is 5.56 Å². The maximum absolute atomic E-state index is 12.5. The number of nitrogens with one attached hydrogen (secondary N) is 1. The first-order valence-electron chi connectivity index (χ1n) is 7.30. The molecule has 0 radical (unpaired) electrons. The first-order valence-corrected chi connectivity index (χ1v) is 7.68. The van der Waals surface area contributed by atoms with Crippen LogP contribution in [0, 0.1) is 0 Å². The third kappa shape index (κ3) is 3.07. The van der Waals surface area contributed by atoms with E-state index in [9.17, 15) is 14.4 Å². The van der Waals surface area contributed by atoms with Crippen LogP contribution in [0.25, 0.3) is 0 Å². The monoisotopic (exact) mass is 333 g/mol. The number of likely N-dealkylation sites (tertiary alicyclic amines) is 1. The summed E-state index contributed by atoms with van der Waals surface area (Å²) < 4.78 is 1.19. The predicted octanol–water partition coefficient (Wildman–Crippen LogP) is 1.36. The molecule has 120 valence electrons. The van der Waals surface area contributed by atoms with Crippen LogP contribution in [-0.4, -0.2) is 33.4 Å². The maximum Gasteiger partial charge on any atom is 0.328 e. The number of hydrogen-bond donors (Lipinski definition) is 1. The Morgan fingerprint density at radius 3 is 2.87 bits per heavy atom. The van der Waals surface area contributed by atoms with Crippen LogP contribution < -0.4 is 11.2 Å². The molecular formula is C16H16ClN3O3. The first-order chi connectivity index (χ1) is 11.0. The highest BCUT2D eigenvalue weighted by atomic mass is 35.5. The molecule has 1 N–H and O–H groups in total. The molecule has 2 heterocycles. The molecule has 0 aliphatic carbocycles. The van der Waals surface area contributed by atoms with E-state index in [4.69, 9.17) is 11.6 Å². The van der Waals surface area contributed by atoms with Crippen LogP contribution in [0.2, 0.25) is 5.02 Å². The van der Waals surface area contributed by atoms with Gasteiger partial charge >= 0.3 is 5.69 Å². The molecule has 3 rings (SSSR count). The molecule has 0 saturated carbocycles. The molecule has 2 aromatic rings. The number of aryl methyl sites for hydroxylation is 1. The van der Waals surface area contributed by atoms with E-state index in [2.05, 4.69) is 4.98 Å². The van der Waals surface area contributed by atoms with Crippen LogP contribution >= 0.6 is 11.6 Å². The smallest absolute Gasteiger partial charge is 0.328 e. The summed E-state index contributed by atoms with van der Waals surface area (Å²) in [6.45, 7) is 1.10. The number of nitrogens with zero attached hydrogens (tertiary/aromatic N) is 2. The van der Waals surface area contributed by atoms with Gasteiger partial charge in [0, 0.05) is 37.3 Å². The zero-order valence-corrected chi connectivity index (χ0v) is 13.3. The number of amides is 1. The van der Waals surface area contributed by atoms with Gasteiger partial charge in [-0.15, -0.1) is 0 Å². The molecule has 6 nitrogen and oxygen atoms in total. The summed E-state index contributed by atoms with van der Waals surface area (Å²) in [5, 5.41) is 0.668. The summed E-state index contributed by atoms with van der Waals surface area (Å²) in [6, 6.07) is 7.59. The highest BCUT2D eigenvalue weighted by Crippen LogP contribution is 2.29. The zero-order chi connectivity index (χ0) is 16.6. The zero-order valence-electron chi connectivity index (χ0n) is 12.6. The predicted molar refractivity (Wildman–Crippen MR) is 87.0 cm³/mol. The van der Waals surface area contributed by atoms with Crippen molar-refractivity contribution in [1.82, 2.24) is 14.5 Å². The minimum Gasteiger partial charge on any atom is -0.338 e. The van der Waals surface area contributed by atoms with Crippen LogP contribution in [-0.2, 0) is 7.05 Å². The molecule has 1 fully saturated rings. The summed E-state index contributed by atoms with van der Waals surface area (Å²) in [5.74, 6) is -0.157. The van der Waals surface area contributed by atoms with Crippen LogP contribution in [0.4, 0.5) is 0 Å². The average molecular weight is 334 g/mol. The van der Waals surface area contributed by atoms with Gasteiger partial charge in [-0.1, -0.05) is 23.7 Å². The van der Waals surface area contributed by atoms with E-state index < -0.39 is 11.2 Å². The normalized spacial score (nSPS) is 17.5. The van der Waals surface area contributed by atoms with Crippen molar-refractivity contribution < 1.29 is 4.79 Å². The SMILES string of the molecule is Cn1cc(C(=O)N2CC[C@@H](c3cccc(Cl)c3)C2)c(=O)[nH]c1=O. The Balaban J connectivity index is 1.82. The number of aromatic amines is 1. The minimum absolute atomic E-state index is 0.0150. The summed E-state index contributed by atoms with van der Waals surface area (Å²) in [5.41, 5.74) is -0.116. The molecule has 0 spiro atoms. The van der Waals surface area contributed by atoms with Crippen molar-refractivity contribution in [3.05, 3.63) is 67.4 Å². The van der Waals surface area contributed by atoms with Crippen molar-refractivity contribution in [2.75, 3.05) is 13.1 Å². The third-order valence-electron chi connectivity index (χ3n) is 4.13. The van der Waals surface area contributed by atoms with Crippen molar-refractivity contribution in [2.24, 2.45) is 7.05 Å². The van der Waals surface area contributed by atoms with Gasteiger partial charge in [-0.2, -0.15) is 0 Å². The number of hydrogen-bond acceptors (Lipinski definition) is 3. The Bertz CT molecular complexity index is 871. The second-order valence-electron chi connectivity index (χ2n) is 5.70. The van der Waals surface area contributed by atoms with E-state index in [1.807, 2.05) is 24.3 Å². The number of aromatic nitrogens is 2. The molecule has 7 heteroatoms. The van der Waals surface area contributed by atoms with E-state index in [1.54, 1.807) is 4.90 Å². The van der Waals surface area contributed by atoms with Crippen molar-refractivity contribution in [3.8, 4) is 0 Å². The molecule has 23 heavy (non-hydrogen) atoms. The van der Waals surface area contributed by atoms with E-state index in [1.165, 1.54) is 17.8 Å². The van der Waals surface area contributed by atoms with Gasteiger partial charge < -0.3 is 9.47 Å². The molecule has 1 saturated heterocycles. The summed E-state index contributed by atoms with van der Waals surface area (Å²) >= 11 is 6.01. The summed E-state index contributed by atoms with van der Waals surface area (Å²) in [4.78, 5) is 39.6. The fraction of sp³-hybridized carbons (Fsp3) is 0.312. The fourth-order valence-corrected chi connectivity index (χ4v) is 3.06. The fourth-order valence-electron chi connectivity index (χ4n) is 2.86. The van der Waals surface area contributed by atoms with Gasteiger partial charge in [-0.05, 0) is 24.1 Å². The van der Waals surface area contributed by atoms with Gasteiger partial charge in [0.15, 0.2) is 0 Å². The Morgan fingerprint density at radius 2 is 2.13 bits per heavy atom. The molecule has 1 atom stereocenters. The lowest BCUT2D eigenvalue weighted by Gasteiger charge is -2.16. The second kappa shape index (κ2) is 6.04. The summed E-state index contributed by atoms with van der Waals surface area (Å²) in [7, 11) is 1.49. The van der Waals surface area contributed by atoms with E-state index in [-0.39, 0.29) is 17.4 Å². The highest BCUT2D eigenvalue weighted by Gasteiger charge is 2.29. The van der Waals surface area contributed by atoms with Crippen molar-refractivity contribution in [2.45, 2.75) is 12.3 Å². The van der Waals surface area contributed by atoms with Gasteiger partial charge in [0.2, 0.25) is 0 Å². The number of H-pyrrole nitrogens is 1. The molecule has 1 amide bonds. The van der Waals surface area contributed by atoms with E-state index >= 15 is 0 Å². The van der Waals surface area contributed by atoms with E-state index in [0.717, 1.165) is 12.0 Å². The van der Waals surface area contributed by atoms with Gasteiger partial charge in [0.05, 0.1) is 0 Å². The molecule has 1 aliphatic rings. The number of benzene rings is 1. The summed E-state index contributed by atoms with van der Waals surface area (Å²) in [6.07, 6.45) is 2.10. The topological polar surface area (TPSA) is 75.2 Å². The highest BCUT2D eigenvalue weighted by molar-refractivity contribution is 6.30. The lowest BCUT2D eigenvalue weighted by molar-refractivity contribution is 0.0788. The van der Waals surface area contributed by atoms with Crippen LogP contribution in [0.1, 0.15) is 28.3 Å². The van der Waals surface area contributed by atoms with E-state index in [0.29, 0.717) is 18.1 Å². The lowest BCUT2D eigenvalue weighted by atomic mass is 9.99. The van der Waals surface area contributed by atoms with Crippen LogP contribution in [0.5, 0.6) is 0 Å². The molecule has 1 aromatic heterocycles. The molecule has 1 aliphatic heterocycles. The quantitative estimate of drug-likeness (QED) is 0.901. The molecule has 0 bridgehead atoms. The Kier molecular flexibility index (Phi) is 4.09. The first kappa shape index (κ1) is 15.6. The second-order valence-corrected chi connectivity index (χ2v) is 6.14. The van der Waals surface area contributed by atoms with Gasteiger partial charge in [-0.25, -0.2) is 4.79 Å². The van der Waals surface area contributed by atoms with Crippen molar-refractivity contribution in [3.63, 3.8) is 0 Å². The van der Waals surface area contributed by atoms with Crippen LogP contribution in [0.3, 0.4) is 0 Å². The van der Waals surface area contributed by atoms with Gasteiger partial charge in [0.25, 0.3) is 11.5 Å². The largest absolute Gasteiger partial charge is 0.338 e. The Hall–Kier alpha value is -2.34.